The summed E-state index contributed by atoms with van der Waals surface area (Å²) in [6.07, 6.45) is 4.89. The predicted molar refractivity (Wildman–Crippen MR) is 76.1 cm³/mol. The third-order valence-electron chi connectivity index (χ3n) is 3.00. The van der Waals surface area contributed by atoms with E-state index in [1.54, 1.807) is 22.2 Å². The van der Waals surface area contributed by atoms with Gasteiger partial charge < -0.3 is 5.73 Å². The number of aromatic nitrogens is 2. The van der Waals surface area contributed by atoms with Gasteiger partial charge in [0.15, 0.2) is 9.84 Å². The quantitative estimate of drug-likeness (QED) is 0.911. The van der Waals surface area contributed by atoms with Gasteiger partial charge >= 0.3 is 0 Å². The van der Waals surface area contributed by atoms with Gasteiger partial charge in [0.05, 0.1) is 6.20 Å². The van der Waals surface area contributed by atoms with Crippen LogP contribution in [-0.4, -0.2) is 30.5 Å². The molecule has 0 fully saturated rings. The van der Waals surface area contributed by atoms with Gasteiger partial charge in [0.1, 0.15) is 10.9 Å². The number of nitrogens with two attached hydrogens (primary N) is 1. The van der Waals surface area contributed by atoms with E-state index in [-0.39, 0.29) is 17.0 Å². The fourth-order valence-corrected chi connectivity index (χ4v) is 3.32. The number of hydrogen-bond donors (Lipinski definition) is 1. The highest BCUT2D eigenvalue weighted by atomic mass is 32.2. The molecule has 0 aliphatic rings. The van der Waals surface area contributed by atoms with Gasteiger partial charge in [-0.1, -0.05) is 13.0 Å². The Balaban J connectivity index is 2.42. The molecule has 19 heavy (non-hydrogen) atoms. The standard InChI is InChI=1S/C12H17N3O2S2/c1-3-10(13)12(11-5-4-6-18-11)15-8-9(7-14-15)19(2,16)17/h4-8,10,12H,3,13H2,1-2H3. The maximum Gasteiger partial charge on any atom is 0.178 e. The molecule has 0 saturated heterocycles. The van der Waals surface area contributed by atoms with E-state index in [1.807, 2.05) is 24.4 Å². The van der Waals surface area contributed by atoms with Crippen molar-refractivity contribution in [2.45, 2.75) is 30.3 Å². The monoisotopic (exact) mass is 299 g/mol. The molecule has 7 heteroatoms. The van der Waals surface area contributed by atoms with Crippen LogP contribution >= 0.6 is 11.3 Å². The third-order valence-corrected chi connectivity index (χ3v) is 5.01. The summed E-state index contributed by atoms with van der Waals surface area (Å²) in [5.41, 5.74) is 6.16. The molecular weight excluding hydrogens is 282 g/mol. The molecule has 5 nitrogen and oxygen atoms in total. The van der Waals surface area contributed by atoms with Gasteiger partial charge in [-0.05, 0) is 17.9 Å². The minimum atomic E-state index is -3.24. The average molecular weight is 299 g/mol. The van der Waals surface area contributed by atoms with Crippen molar-refractivity contribution in [3.05, 3.63) is 34.8 Å². The lowest BCUT2D eigenvalue weighted by molar-refractivity contribution is 0.429. The highest BCUT2D eigenvalue weighted by Gasteiger charge is 2.23. The second-order valence-electron chi connectivity index (χ2n) is 4.46. The second-order valence-corrected chi connectivity index (χ2v) is 7.46. The van der Waals surface area contributed by atoms with Crippen LogP contribution < -0.4 is 5.73 Å². The molecular formula is C12H17N3O2S2. The van der Waals surface area contributed by atoms with Gasteiger partial charge in [0, 0.05) is 23.4 Å². The Hall–Kier alpha value is -1.18. The summed E-state index contributed by atoms with van der Waals surface area (Å²) < 4.78 is 24.7. The highest BCUT2D eigenvalue weighted by molar-refractivity contribution is 7.90. The van der Waals surface area contributed by atoms with Crippen LogP contribution in [0.25, 0.3) is 0 Å². The van der Waals surface area contributed by atoms with Crippen LogP contribution in [0.5, 0.6) is 0 Å². The summed E-state index contributed by atoms with van der Waals surface area (Å²) in [5, 5.41) is 6.15. The molecule has 0 aromatic carbocycles. The summed E-state index contributed by atoms with van der Waals surface area (Å²) in [7, 11) is -3.24. The normalized spacial score (nSPS) is 15.3. The molecule has 0 aliphatic carbocycles. The summed E-state index contributed by atoms with van der Waals surface area (Å²) in [5.74, 6) is 0. The van der Waals surface area contributed by atoms with Crippen molar-refractivity contribution in [3.63, 3.8) is 0 Å². The van der Waals surface area contributed by atoms with Gasteiger partial charge in [0.2, 0.25) is 0 Å². The van der Waals surface area contributed by atoms with Crippen LogP contribution in [0.4, 0.5) is 0 Å². The summed E-state index contributed by atoms with van der Waals surface area (Å²) in [4.78, 5) is 1.30. The third kappa shape index (κ3) is 3.05. The molecule has 2 rings (SSSR count). The van der Waals surface area contributed by atoms with Crippen LogP contribution in [0.3, 0.4) is 0 Å². The number of thiophene rings is 1. The largest absolute Gasteiger partial charge is 0.326 e. The van der Waals surface area contributed by atoms with Gasteiger partial charge in [0.25, 0.3) is 0 Å². The zero-order valence-electron chi connectivity index (χ0n) is 10.9. The minimum absolute atomic E-state index is 0.106. The fourth-order valence-electron chi connectivity index (χ4n) is 1.88. The van der Waals surface area contributed by atoms with Crippen molar-refractivity contribution in [3.8, 4) is 0 Å². The van der Waals surface area contributed by atoms with Crippen LogP contribution in [0.2, 0.25) is 0 Å². The molecule has 104 valence electrons. The first-order chi connectivity index (χ1) is 8.93. The fraction of sp³-hybridized carbons (Fsp3) is 0.417. The highest BCUT2D eigenvalue weighted by Crippen LogP contribution is 2.27. The van der Waals surface area contributed by atoms with Gasteiger partial charge in [-0.3, -0.25) is 4.68 Å². The number of hydrogen-bond acceptors (Lipinski definition) is 5. The zero-order valence-corrected chi connectivity index (χ0v) is 12.5. The molecule has 0 aliphatic heterocycles. The smallest absolute Gasteiger partial charge is 0.178 e. The average Bonchev–Trinajstić information content (AvgIpc) is 2.99. The van der Waals surface area contributed by atoms with E-state index < -0.39 is 9.84 Å². The van der Waals surface area contributed by atoms with Crippen molar-refractivity contribution in [2.75, 3.05) is 6.26 Å². The Morgan fingerprint density at radius 1 is 1.53 bits per heavy atom. The SMILES string of the molecule is CCC(N)C(c1cccs1)n1cc(S(C)(=O)=O)cn1. The molecule has 0 bridgehead atoms. The van der Waals surface area contributed by atoms with Crippen molar-refractivity contribution in [1.82, 2.24) is 9.78 Å². The maximum absolute atomic E-state index is 11.5. The number of sulfone groups is 1. The predicted octanol–water partition coefficient (Wildman–Crippen LogP) is 1.67. The van der Waals surface area contributed by atoms with E-state index in [0.29, 0.717) is 0 Å². The molecule has 2 aromatic heterocycles. The van der Waals surface area contributed by atoms with Gasteiger partial charge in [-0.2, -0.15) is 5.10 Å². The van der Waals surface area contributed by atoms with Crippen molar-refractivity contribution in [2.24, 2.45) is 5.73 Å². The topological polar surface area (TPSA) is 78.0 Å². The number of rotatable bonds is 5. The van der Waals surface area contributed by atoms with E-state index in [9.17, 15) is 8.42 Å². The van der Waals surface area contributed by atoms with Crippen molar-refractivity contribution < 1.29 is 8.42 Å². The summed E-state index contributed by atoms with van der Waals surface area (Å²) >= 11 is 1.60. The molecule has 2 unspecified atom stereocenters. The molecule has 0 amide bonds. The Kier molecular flexibility index (Phi) is 4.07. The van der Waals surface area contributed by atoms with Crippen LogP contribution in [0, 0.1) is 0 Å². The van der Waals surface area contributed by atoms with E-state index >= 15 is 0 Å². The van der Waals surface area contributed by atoms with E-state index in [0.717, 1.165) is 11.3 Å². The van der Waals surface area contributed by atoms with Gasteiger partial charge in [-0.15, -0.1) is 11.3 Å². The van der Waals surface area contributed by atoms with E-state index in [2.05, 4.69) is 5.10 Å². The first kappa shape index (κ1) is 14.2. The Bertz CT molecular complexity index is 632. The lowest BCUT2D eigenvalue weighted by atomic mass is 10.1. The zero-order chi connectivity index (χ0) is 14.0. The first-order valence-electron chi connectivity index (χ1n) is 5.96. The molecule has 2 atom stereocenters. The Morgan fingerprint density at radius 3 is 2.74 bits per heavy atom. The summed E-state index contributed by atoms with van der Waals surface area (Å²) in [6.45, 7) is 2.01. The van der Waals surface area contributed by atoms with Crippen molar-refractivity contribution >= 4 is 21.2 Å². The number of nitrogens with zero attached hydrogens (tertiary/aromatic N) is 2. The van der Waals surface area contributed by atoms with Crippen LogP contribution in [-0.2, 0) is 9.84 Å². The van der Waals surface area contributed by atoms with E-state index in [4.69, 9.17) is 5.73 Å². The lowest BCUT2D eigenvalue weighted by Crippen LogP contribution is -2.32. The van der Waals surface area contributed by atoms with E-state index in [1.165, 1.54) is 12.5 Å². The molecule has 0 radical (unpaired) electrons. The molecule has 2 N–H and O–H groups in total. The van der Waals surface area contributed by atoms with Gasteiger partial charge in [-0.25, -0.2) is 8.42 Å². The molecule has 2 aromatic rings. The van der Waals surface area contributed by atoms with Crippen LogP contribution in [0.1, 0.15) is 24.3 Å². The Labute approximate surface area is 117 Å². The first-order valence-corrected chi connectivity index (χ1v) is 8.73. The molecule has 0 spiro atoms. The maximum atomic E-state index is 11.5. The second kappa shape index (κ2) is 5.44. The lowest BCUT2D eigenvalue weighted by Gasteiger charge is -2.22. The summed E-state index contributed by atoms with van der Waals surface area (Å²) in [6, 6.07) is 3.72. The Morgan fingerprint density at radius 2 is 2.26 bits per heavy atom. The van der Waals surface area contributed by atoms with Crippen LogP contribution in [0.15, 0.2) is 34.8 Å². The molecule has 2 heterocycles. The van der Waals surface area contributed by atoms with Crippen molar-refractivity contribution in [1.29, 1.82) is 0 Å². The minimum Gasteiger partial charge on any atom is -0.326 e. The molecule has 0 saturated carbocycles.